The quantitative estimate of drug-likeness (QED) is 0.728. The number of anilines is 1. The second-order valence-corrected chi connectivity index (χ2v) is 8.05. The minimum Gasteiger partial charge on any atom is -0.424 e. The average molecular weight is 429 g/mol. The van der Waals surface area contributed by atoms with Gasteiger partial charge < -0.3 is 20.1 Å². The molecular formula is C19H23F4N5O2. The summed E-state index contributed by atoms with van der Waals surface area (Å²) in [6.07, 6.45) is -2.81. The number of aromatic nitrogens is 3. The Balaban J connectivity index is 1.55. The zero-order chi connectivity index (χ0) is 21.6. The van der Waals surface area contributed by atoms with Gasteiger partial charge in [0.05, 0.1) is 6.04 Å². The molecule has 164 valence electrons. The average Bonchev–Trinajstić information content (AvgIpc) is 3.13. The molecule has 2 bridgehead atoms. The lowest BCUT2D eigenvalue weighted by molar-refractivity contribution is -0.275. The number of nitrogens with two attached hydrogens (primary N) is 1. The molecule has 2 aliphatic rings. The Morgan fingerprint density at radius 2 is 1.83 bits per heavy atom. The molecule has 2 heterocycles. The molecule has 2 aromatic rings. The van der Waals surface area contributed by atoms with E-state index < -0.39 is 17.9 Å². The predicted octanol–water partition coefficient (Wildman–Crippen LogP) is 3.86. The van der Waals surface area contributed by atoms with Gasteiger partial charge in [-0.25, -0.2) is 9.07 Å². The minimum atomic E-state index is -4.98. The molecule has 2 atom stereocenters. The number of fused-ring (bicyclic) bond motifs is 2. The van der Waals surface area contributed by atoms with E-state index >= 15 is 0 Å². The first-order valence-electron chi connectivity index (χ1n) is 9.81. The lowest BCUT2D eigenvalue weighted by atomic mass is 9.93. The highest BCUT2D eigenvalue weighted by Gasteiger charge is 2.41. The van der Waals surface area contributed by atoms with Crippen LogP contribution in [0.3, 0.4) is 0 Å². The van der Waals surface area contributed by atoms with Crippen molar-refractivity contribution in [1.82, 2.24) is 14.8 Å². The van der Waals surface area contributed by atoms with Crippen molar-refractivity contribution < 1.29 is 27.0 Å². The second kappa shape index (κ2) is 7.60. The van der Waals surface area contributed by atoms with Crippen LogP contribution in [0.5, 0.6) is 17.5 Å². The molecule has 1 aromatic heterocycles. The molecule has 4 rings (SSSR count). The van der Waals surface area contributed by atoms with Crippen LogP contribution in [0.15, 0.2) is 18.2 Å². The van der Waals surface area contributed by atoms with Gasteiger partial charge in [0.25, 0.3) is 0 Å². The molecule has 7 nitrogen and oxygen atoms in total. The number of hydrogen-bond donors (Lipinski definition) is 1. The molecule has 1 saturated carbocycles. The summed E-state index contributed by atoms with van der Waals surface area (Å²) in [6, 6.07) is 3.10. The van der Waals surface area contributed by atoms with Crippen molar-refractivity contribution in [3.63, 3.8) is 0 Å². The molecule has 0 amide bonds. The number of halogens is 4. The molecule has 1 aliphatic heterocycles. The minimum absolute atomic E-state index is 0.0105. The van der Waals surface area contributed by atoms with E-state index in [0.29, 0.717) is 17.8 Å². The van der Waals surface area contributed by atoms with Gasteiger partial charge in [0.1, 0.15) is 5.75 Å². The standard InChI is InChI=1S/C19H23F4N5O2/c1-10(2)28-18(29-13-5-6-15(14(20)7-13)30-19(21,22)23)25-17(26-28)27-8-11-3-4-12(9-27)16(11)24/h5-7,10-12,16H,3-4,8-9,24H2,1-2H3. The van der Waals surface area contributed by atoms with Crippen molar-refractivity contribution in [1.29, 1.82) is 0 Å². The van der Waals surface area contributed by atoms with Crippen LogP contribution in [0.1, 0.15) is 32.7 Å². The number of hydrogen-bond acceptors (Lipinski definition) is 6. The van der Waals surface area contributed by atoms with Gasteiger partial charge >= 0.3 is 12.4 Å². The van der Waals surface area contributed by atoms with Gasteiger partial charge in [-0.15, -0.1) is 18.3 Å². The monoisotopic (exact) mass is 429 g/mol. The van der Waals surface area contributed by atoms with Crippen LogP contribution < -0.4 is 20.1 Å². The van der Waals surface area contributed by atoms with Gasteiger partial charge in [-0.3, -0.25) is 0 Å². The Labute approximate surface area is 170 Å². The van der Waals surface area contributed by atoms with Crippen LogP contribution in [0.2, 0.25) is 0 Å². The topological polar surface area (TPSA) is 78.4 Å². The number of benzene rings is 1. The zero-order valence-corrected chi connectivity index (χ0v) is 16.6. The van der Waals surface area contributed by atoms with E-state index in [0.717, 1.165) is 38.1 Å². The van der Waals surface area contributed by atoms with Gasteiger partial charge in [-0.2, -0.15) is 4.98 Å². The summed E-state index contributed by atoms with van der Waals surface area (Å²) in [5.41, 5.74) is 6.26. The normalized spacial score (nSPS) is 23.9. The predicted molar refractivity (Wildman–Crippen MR) is 100.0 cm³/mol. The molecule has 1 saturated heterocycles. The molecule has 2 fully saturated rings. The molecule has 1 aromatic carbocycles. The van der Waals surface area contributed by atoms with E-state index in [1.807, 2.05) is 13.8 Å². The first-order chi connectivity index (χ1) is 14.1. The van der Waals surface area contributed by atoms with E-state index in [1.54, 1.807) is 4.68 Å². The summed E-state index contributed by atoms with van der Waals surface area (Å²) in [5, 5.41) is 4.54. The number of nitrogens with zero attached hydrogens (tertiary/aromatic N) is 4. The lowest BCUT2D eigenvalue weighted by Crippen LogP contribution is -2.49. The van der Waals surface area contributed by atoms with E-state index in [2.05, 4.69) is 19.7 Å². The van der Waals surface area contributed by atoms with Crippen LogP contribution in [-0.4, -0.2) is 40.3 Å². The van der Waals surface area contributed by atoms with Crippen molar-refractivity contribution in [3.8, 4) is 17.5 Å². The number of alkyl halides is 3. The van der Waals surface area contributed by atoms with Gasteiger partial charge in [0, 0.05) is 25.2 Å². The molecule has 1 aliphatic carbocycles. The fourth-order valence-electron chi connectivity index (χ4n) is 4.12. The maximum absolute atomic E-state index is 14.0. The largest absolute Gasteiger partial charge is 0.573 e. The Hall–Kier alpha value is -2.56. The summed E-state index contributed by atoms with van der Waals surface area (Å²) < 4.78 is 61.8. The molecule has 0 spiro atoms. The van der Waals surface area contributed by atoms with Crippen molar-refractivity contribution in [2.24, 2.45) is 17.6 Å². The Bertz CT molecular complexity index is 903. The van der Waals surface area contributed by atoms with Crippen LogP contribution >= 0.6 is 0 Å². The van der Waals surface area contributed by atoms with Crippen LogP contribution in [0.4, 0.5) is 23.5 Å². The van der Waals surface area contributed by atoms with Crippen LogP contribution in [0, 0.1) is 17.7 Å². The second-order valence-electron chi connectivity index (χ2n) is 8.05. The highest BCUT2D eigenvalue weighted by Crippen LogP contribution is 2.38. The number of ether oxygens (including phenoxy) is 2. The first kappa shape index (κ1) is 20.7. The van der Waals surface area contributed by atoms with Crippen LogP contribution in [-0.2, 0) is 0 Å². The van der Waals surface area contributed by atoms with E-state index in [1.165, 1.54) is 6.07 Å². The van der Waals surface area contributed by atoms with Gasteiger partial charge in [-0.1, -0.05) is 0 Å². The maximum Gasteiger partial charge on any atom is 0.573 e. The summed E-state index contributed by atoms with van der Waals surface area (Å²) in [7, 11) is 0. The van der Waals surface area contributed by atoms with Crippen molar-refractivity contribution >= 4 is 5.95 Å². The molecule has 30 heavy (non-hydrogen) atoms. The fraction of sp³-hybridized carbons (Fsp3) is 0.579. The smallest absolute Gasteiger partial charge is 0.424 e. The molecule has 2 N–H and O–H groups in total. The molecule has 11 heteroatoms. The van der Waals surface area contributed by atoms with Crippen molar-refractivity contribution in [3.05, 3.63) is 24.0 Å². The highest BCUT2D eigenvalue weighted by atomic mass is 19.4. The van der Waals surface area contributed by atoms with E-state index in [-0.39, 0.29) is 23.8 Å². The van der Waals surface area contributed by atoms with Gasteiger partial charge in [-0.05, 0) is 50.7 Å². The summed E-state index contributed by atoms with van der Waals surface area (Å²) in [5.74, 6) is -0.837. The first-order valence-corrected chi connectivity index (χ1v) is 9.81. The van der Waals surface area contributed by atoms with E-state index in [9.17, 15) is 17.6 Å². The van der Waals surface area contributed by atoms with Crippen LogP contribution in [0.25, 0.3) is 0 Å². The summed E-state index contributed by atoms with van der Waals surface area (Å²) in [6.45, 7) is 5.30. The summed E-state index contributed by atoms with van der Waals surface area (Å²) in [4.78, 5) is 6.55. The fourth-order valence-corrected chi connectivity index (χ4v) is 4.12. The zero-order valence-electron chi connectivity index (χ0n) is 16.6. The molecular weight excluding hydrogens is 406 g/mol. The number of piperidine rings is 1. The van der Waals surface area contributed by atoms with Crippen molar-refractivity contribution in [2.45, 2.75) is 45.1 Å². The lowest BCUT2D eigenvalue weighted by Gasteiger charge is -2.35. The van der Waals surface area contributed by atoms with Gasteiger partial charge in [0.15, 0.2) is 11.6 Å². The third-order valence-electron chi connectivity index (χ3n) is 5.61. The maximum atomic E-state index is 14.0. The van der Waals surface area contributed by atoms with Gasteiger partial charge in [0.2, 0.25) is 5.95 Å². The Morgan fingerprint density at radius 3 is 2.40 bits per heavy atom. The molecule has 0 radical (unpaired) electrons. The Kier molecular flexibility index (Phi) is 5.25. The third-order valence-corrected chi connectivity index (χ3v) is 5.61. The number of rotatable bonds is 5. The summed E-state index contributed by atoms with van der Waals surface area (Å²) >= 11 is 0. The van der Waals surface area contributed by atoms with Crippen molar-refractivity contribution in [2.75, 3.05) is 18.0 Å². The SMILES string of the molecule is CC(C)n1nc(N2CC3CCC(C2)C3N)nc1Oc1ccc(OC(F)(F)F)c(F)c1. The third kappa shape index (κ3) is 4.16. The Morgan fingerprint density at radius 1 is 1.17 bits per heavy atom. The molecule has 2 unspecified atom stereocenters. The van der Waals surface area contributed by atoms with E-state index in [4.69, 9.17) is 10.5 Å². The highest BCUT2D eigenvalue weighted by molar-refractivity contribution is 5.37.